The van der Waals surface area contributed by atoms with Gasteiger partial charge in [-0.15, -0.1) is 0 Å². The average Bonchev–Trinajstić information content (AvgIpc) is 2.24. The summed E-state index contributed by atoms with van der Waals surface area (Å²) in [5, 5.41) is 2.88. The Morgan fingerprint density at radius 1 is 1.06 bits per heavy atom. The molecule has 0 saturated heterocycles. The van der Waals surface area contributed by atoms with E-state index in [1.54, 1.807) is 6.92 Å². The summed E-state index contributed by atoms with van der Waals surface area (Å²) in [7, 11) is 0. The SMILES string of the molecule is CC.CC(=O)CCCCCNC(=O)CC(C)C. The fourth-order valence-corrected chi connectivity index (χ4v) is 1.35. The highest BCUT2D eigenvalue weighted by Crippen LogP contribution is 2.01. The minimum absolute atomic E-state index is 0.136. The zero-order chi connectivity index (χ0) is 13.7. The van der Waals surface area contributed by atoms with Gasteiger partial charge in [-0.2, -0.15) is 0 Å². The highest BCUT2D eigenvalue weighted by Gasteiger charge is 2.03. The summed E-state index contributed by atoms with van der Waals surface area (Å²) in [6, 6.07) is 0. The molecule has 0 radical (unpaired) electrons. The third-order valence-electron chi connectivity index (χ3n) is 2.12. The van der Waals surface area contributed by atoms with Gasteiger partial charge in [0.05, 0.1) is 0 Å². The molecule has 3 heteroatoms. The van der Waals surface area contributed by atoms with Gasteiger partial charge in [0.25, 0.3) is 0 Å². The van der Waals surface area contributed by atoms with Crippen molar-refractivity contribution in [2.24, 2.45) is 5.92 Å². The van der Waals surface area contributed by atoms with Crippen LogP contribution < -0.4 is 5.32 Å². The van der Waals surface area contributed by atoms with E-state index in [0.29, 0.717) is 18.8 Å². The average molecular weight is 243 g/mol. The molecule has 0 heterocycles. The van der Waals surface area contributed by atoms with Crippen LogP contribution in [0.4, 0.5) is 0 Å². The van der Waals surface area contributed by atoms with Gasteiger partial charge in [-0.3, -0.25) is 4.79 Å². The Bertz CT molecular complexity index is 200. The van der Waals surface area contributed by atoms with E-state index in [0.717, 1.165) is 25.8 Å². The Kier molecular flexibility index (Phi) is 14.4. The zero-order valence-electron chi connectivity index (χ0n) is 12.1. The van der Waals surface area contributed by atoms with Crippen LogP contribution in [0.15, 0.2) is 0 Å². The first-order valence-electron chi connectivity index (χ1n) is 6.78. The predicted molar refractivity (Wildman–Crippen MR) is 73.0 cm³/mol. The van der Waals surface area contributed by atoms with Gasteiger partial charge in [0, 0.05) is 19.4 Å². The van der Waals surface area contributed by atoms with Crippen LogP contribution in [0.2, 0.25) is 0 Å². The second-order valence-electron chi connectivity index (χ2n) is 4.46. The molecule has 0 atom stereocenters. The molecule has 0 spiro atoms. The quantitative estimate of drug-likeness (QED) is 0.665. The number of amides is 1. The molecule has 3 nitrogen and oxygen atoms in total. The summed E-state index contributed by atoms with van der Waals surface area (Å²) < 4.78 is 0. The van der Waals surface area contributed by atoms with E-state index in [4.69, 9.17) is 0 Å². The van der Waals surface area contributed by atoms with Crippen LogP contribution in [-0.2, 0) is 9.59 Å². The molecule has 0 aromatic rings. The minimum Gasteiger partial charge on any atom is -0.356 e. The Balaban J connectivity index is 0. The van der Waals surface area contributed by atoms with E-state index in [1.807, 2.05) is 27.7 Å². The molecule has 0 bridgehead atoms. The van der Waals surface area contributed by atoms with Crippen LogP contribution in [0.25, 0.3) is 0 Å². The monoisotopic (exact) mass is 243 g/mol. The van der Waals surface area contributed by atoms with E-state index in [9.17, 15) is 9.59 Å². The van der Waals surface area contributed by atoms with Crippen molar-refractivity contribution in [2.45, 2.75) is 66.7 Å². The molecule has 0 aromatic heterocycles. The molecule has 0 fully saturated rings. The lowest BCUT2D eigenvalue weighted by atomic mass is 10.1. The number of hydrogen-bond acceptors (Lipinski definition) is 2. The lowest BCUT2D eigenvalue weighted by Crippen LogP contribution is -2.25. The molecule has 0 aromatic carbocycles. The largest absolute Gasteiger partial charge is 0.356 e. The van der Waals surface area contributed by atoms with Crippen LogP contribution in [-0.4, -0.2) is 18.2 Å². The van der Waals surface area contributed by atoms with Crippen molar-refractivity contribution in [1.29, 1.82) is 0 Å². The zero-order valence-corrected chi connectivity index (χ0v) is 12.1. The first kappa shape index (κ1) is 18.5. The number of nitrogens with one attached hydrogen (secondary N) is 1. The van der Waals surface area contributed by atoms with E-state index in [1.165, 1.54) is 0 Å². The Morgan fingerprint density at radius 2 is 1.65 bits per heavy atom. The molecule has 0 aliphatic rings. The Morgan fingerprint density at radius 3 is 2.12 bits per heavy atom. The van der Waals surface area contributed by atoms with Crippen molar-refractivity contribution in [3.8, 4) is 0 Å². The van der Waals surface area contributed by atoms with Gasteiger partial charge in [-0.1, -0.05) is 34.1 Å². The molecule has 0 saturated carbocycles. The van der Waals surface area contributed by atoms with Gasteiger partial charge in [0.2, 0.25) is 5.91 Å². The lowest BCUT2D eigenvalue weighted by molar-refractivity contribution is -0.122. The fourth-order valence-electron chi connectivity index (χ4n) is 1.35. The van der Waals surface area contributed by atoms with Gasteiger partial charge in [-0.25, -0.2) is 0 Å². The molecule has 0 rings (SSSR count). The number of Topliss-reactive ketones (excluding diaryl/α,β-unsaturated/α-hetero) is 1. The van der Waals surface area contributed by atoms with Crippen molar-refractivity contribution in [3.05, 3.63) is 0 Å². The van der Waals surface area contributed by atoms with Crippen LogP contribution in [0, 0.1) is 5.92 Å². The summed E-state index contributed by atoms with van der Waals surface area (Å²) in [6.07, 6.45) is 4.20. The number of unbranched alkanes of at least 4 members (excludes halogenated alkanes) is 2. The van der Waals surface area contributed by atoms with Crippen molar-refractivity contribution in [1.82, 2.24) is 5.32 Å². The van der Waals surface area contributed by atoms with E-state index < -0.39 is 0 Å². The smallest absolute Gasteiger partial charge is 0.220 e. The number of carbonyl (C=O) groups is 2. The number of rotatable bonds is 8. The normalized spacial score (nSPS) is 9.53. The fraction of sp³-hybridized carbons (Fsp3) is 0.857. The maximum Gasteiger partial charge on any atom is 0.220 e. The van der Waals surface area contributed by atoms with Crippen molar-refractivity contribution >= 4 is 11.7 Å². The van der Waals surface area contributed by atoms with Crippen LogP contribution in [0.1, 0.15) is 66.7 Å². The molecule has 0 aliphatic carbocycles. The minimum atomic E-state index is 0.136. The molecule has 1 amide bonds. The topological polar surface area (TPSA) is 46.2 Å². The summed E-state index contributed by atoms with van der Waals surface area (Å²) >= 11 is 0. The highest BCUT2D eigenvalue weighted by molar-refractivity contribution is 5.76. The number of ketones is 1. The predicted octanol–water partition coefficient (Wildman–Crippen LogP) is 3.32. The number of carbonyl (C=O) groups excluding carboxylic acids is 2. The van der Waals surface area contributed by atoms with Crippen LogP contribution >= 0.6 is 0 Å². The van der Waals surface area contributed by atoms with Gasteiger partial charge in [0.1, 0.15) is 5.78 Å². The van der Waals surface area contributed by atoms with Gasteiger partial charge in [-0.05, 0) is 25.7 Å². The lowest BCUT2D eigenvalue weighted by Gasteiger charge is -2.06. The molecule has 1 N–H and O–H groups in total. The maximum absolute atomic E-state index is 11.2. The maximum atomic E-state index is 11.2. The van der Waals surface area contributed by atoms with Gasteiger partial charge < -0.3 is 10.1 Å². The van der Waals surface area contributed by atoms with Gasteiger partial charge >= 0.3 is 0 Å². The summed E-state index contributed by atoms with van der Waals surface area (Å²) in [5.74, 6) is 0.804. The second kappa shape index (κ2) is 13.2. The third kappa shape index (κ3) is 17.7. The molecule has 17 heavy (non-hydrogen) atoms. The Labute approximate surface area is 106 Å². The summed E-state index contributed by atoms with van der Waals surface area (Å²) in [6.45, 7) is 10.4. The van der Waals surface area contributed by atoms with Crippen LogP contribution in [0.3, 0.4) is 0 Å². The van der Waals surface area contributed by atoms with E-state index in [-0.39, 0.29) is 11.7 Å². The third-order valence-corrected chi connectivity index (χ3v) is 2.12. The molecular weight excluding hydrogens is 214 g/mol. The second-order valence-corrected chi connectivity index (χ2v) is 4.46. The van der Waals surface area contributed by atoms with E-state index >= 15 is 0 Å². The van der Waals surface area contributed by atoms with Crippen molar-refractivity contribution in [2.75, 3.05) is 6.54 Å². The highest BCUT2D eigenvalue weighted by atomic mass is 16.1. The van der Waals surface area contributed by atoms with Gasteiger partial charge in [0.15, 0.2) is 0 Å². The van der Waals surface area contributed by atoms with Crippen LogP contribution in [0.5, 0.6) is 0 Å². The van der Waals surface area contributed by atoms with Crippen molar-refractivity contribution < 1.29 is 9.59 Å². The summed E-state index contributed by atoms with van der Waals surface area (Å²) in [4.78, 5) is 21.9. The standard InChI is InChI=1S/C12H23NO2.C2H6/c1-10(2)9-12(15)13-8-6-4-5-7-11(3)14;1-2/h10H,4-9H2,1-3H3,(H,13,15);1-2H3. The van der Waals surface area contributed by atoms with Crippen molar-refractivity contribution in [3.63, 3.8) is 0 Å². The van der Waals surface area contributed by atoms with E-state index in [2.05, 4.69) is 5.32 Å². The Hall–Kier alpha value is -0.860. The summed E-state index contributed by atoms with van der Waals surface area (Å²) in [5.41, 5.74) is 0. The molecule has 102 valence electrons. The first-order chi connectivity index (χ1) is 8.02. The first-order valence-corrected chi connectivity index (χ1v) is 6.78. The molecule has 0 unspecified atom stereocenters. The number of hydrogen-bond donors (Lipinski definition) is 1. The molecule has 0 aliphatic heterocycles. The molecular formula is C14H29NO2.